The Hall–Kier alpha value is -2.00. The van der Waals surface area contributed by atoms with Crippen LogP contribution in [0.1, 0.15) is 37.4 Å². The van der Waals surface area contributed by atoms with E-state index in [1.54, 1.807) is 19.1 Å². The van der Waals surface area contributed by atoms with Crippen LogP contribution in [0, 0.1) is 6.92 Å². The molecule has 0 saturated carbocycles. The van der Waals surface area contributed by atoms with E-state index in [4.69, 9.17) is 16.3 Å². The van der Waals surface area contributed by atoms with Gasteiger partial charge in [-0.1, -0.05) is 60.5 Å². The van der Waals surface area contributed by atoms with Crippen LogP contribution in [-0.2, 0) is 4.79 Å². The van der Waals surface area contributed by atoms with Crippen molar-refractivity contribution in [2.24, 2.45) is 0 Å². The number of benzene rings is 2. The Morgan fingerprint density at radius 1 is 1.17 bits per heavy atom. The molecule has 0 saturated heterocycles. The number of hydrogen-bond donors (Lipinski definition) is 1. The van der Waals surface area contributed by atoms with Gasteiger partial charge in [-0.3, -0.25) is 4.79 Å². The van der Waals surface area contributed by atoms with Gasteiger partial charge in [0, 0.05) is 0 Å². The van der Waals surface area contributed by atoms with E-state index >= 15 is 0 Å². The van der Waals surface area contributed by atoms with Crippen molar-refractivity contribution < 1.29 is 9.53 Å². The van der Waals surface area contributed by atoms with Crippen molar-refractivity contribution in [3.8, 4) is 5.75 Å². The molecular formula is C19H22ClNO2. The van der Waals surface area contributed by atoms with Gasteiger partial charge in [0.05, 0.1) is 11.1 Å². The highest BCUT2D eigenvalue weighted by atomic mass is 35.5. The average Bonchev–Trinajstić information content (AvgIpc) is 2.55. The first-order valence-corrected chi connectivity index (χ1v) is 8.17. The number of carbonyl (C=O) groups excluding carboxylic acids is 1. The van der Waals surface area contributed by atoms with Crippen molar-refractivity contribution in [2.45, 2.75) is 39.3 Å². The van der Waals surface area contributed by atoms with E-state index in [9.17, 15) is 4.79 Å². The van der Waals surface area contributed by atoms with E-state index in [0.29, 0.717) is 10.8 Å². The minimum absolute atomic E-state index is 0.0274. The lowest BCUT2D eigenvalue weighted by Crippen LogP contribution is -2.38. The molecule has 0 unspecified atom stereocenters. The number of halogens is 1. The summed E-state index contributed by atoms with van der Waals surface area (Å²) >= 11 is 6.06. The smallest absolute Gasteiger partial charge is 0.261 e. The van der Waals surface area contributed by atoms with E-state index in [1.807, 2.05) is 50.2 Å². The summed E-state index contributed by atoms with van der Waals surface area (Å²) in [5.41, 5.74) is 2.29. The molecule has 1 N–H and O–H groups in total. The molecule has 122 valence electrons. The van der Waals surface area contributed by atoms with Crippen molar-refractivity contribution in [3.63, 3.8) is 0 Å². The summed E-state index contributed by atoms with van der Waals surface area (Å²) in [5.74, 6) is 0.359. The van der Waals surface area contributed by atoms with Crippen LogP contribution in [0.4, 0.5) is 0 Å². The van der Waals surface area contributed by atoms with Crippen LogP contribution >= 0.6 is 11.6 Å². The zero-order valence-electron chi connectivity index (χ0n) is 13.7. The standard InChI is InChI=1S/C19H22ClNO2/c1-4-17(15-11-9-13(2)10-12-15)21-19(22)14(3)23-18-8-6-5-7-16(18)20/h5-12,14,17H,4H2,1-3H3,(H,21,22)/t14-,17-/m0/s1. The molecule has 2 aromatic carbocycles. The summed E-state index contributed by atoms with van der Waals surface area (Å²) in [7, 11) is 0. The fourth-order valence-corrected chi connectivity index (χ4v) is 2.47. The quantitative estimate of drug-likeness (QED) is 0.834. The Morgan fingerprint density at radius 2 is 1.83 bits per heavy atom. The summed E-state index contributed by atoms with van der Waals surface area (Å²) in [6.07, 6.45) is 0.197. The molecule has 23 heavy (non-hydrogen) atoms. The van der Waals surface area contributed by atoms with Crippen LogP contribution in [0.25, 0.3) is 0 Å². The number of nitrogens with one attached hydrogen (secondary N) is 1. The molecule has 2 rings (SSSR count). The second-order valence-electron chi connectivity index (χ2n) is 5.57. The van der Waals surface area contributed by atoms with Crippen molar-refractivity contribution in [1.82, 2.24) is 5.32 Å². The van der Waals surface area contributed by atoms with Crippen molar-refractivity contribution in [1.29, 1.82) is 0 Å². The molecule has 0 aliphatic carbocycles. The first-order chi connectivity index (χ1) is 11.0. The van der Waals surface area contributed by atoms with Gasteiger partial charge < -0.3 is 10.1 Å². The lowest BCUT2D eigenvalue weighted by Gasteiger charge is -2.21. The highest BCUT2D eigenvalue weighted by Gasteiger charge is 2.20. The van der Waals surface area contributed by atoms with Crippen LogP contribution in [-0.4, -0.2) is 12.0 Å². The molecule has 1 amide bonds. The molecule has 0 aromatic heterocycles. The highest BCUT2D eigenvalue weighted by molar-refractivity contribution is 6.32. The molecule has 0 heterocycles. The molecule has 4 heteroatoms. The predicted molar refractivity (Wildman–Crippen MR) is 93.9 cm³/mol. The second-order valence-corrected chi connectivity index (χ2v) is 5.98. The SMILES string of the molecule is CC[C@H](NC(=O)[C@H](C)Oc1ccccc1Cl)c1ccc(C)cc1. The van der Waals surface area contributed by atoms with Crippen LogP contribution in [0.15, 0.2) is 48.5 Å². The molecule has 0 aliphatic rings. The monoisotopic (exact) mass is 331 g/mol. The van der Waals surface area contributed by atoms with Crippen LogP contribution < -0.4 is 10.1 Å². The van der Waals surface area contributed by atoms with Crippen LogP contribution in [0.3, 0.4) is 0 Å². The van der Waals surface area contributed by atoms with E-state index in [-0.39, 0.29) is 11.9 Å². The highest BCUT2D eigenvalue weighted by Crippen LogP contribution is 2.24. The van der Waals surface area contributed by atoms with Crippen molar-refractivity contribution in [2.75, 3.05) is 0 Å². The average molecular weight is 332 g/mol. The number of ether oxygens (including phenoxy) is 1. The molecule has 0 radical (unpaired) electrons. The Bertz CT molecular complexity index is 655. The third kappa shape index (κ3) is 4.73. The van der Waals surface area contributed by atoms with Crippen LogP contribution in [0.5, 0.6) is 5.75 Å². The van der Waals surface area contributed by atoms with Gasteiger partial charge >= 0.3 is 0 Å². The second kappa shape index (κ2) is 8.02. The van der Waals surface area contributed by atoms with Gasteiger partial charge in [0.2, 0.25) is 0 Å². The number of para-hydroxylation sites is 1. The fraction of sp³-hybridized carbons (Fsp3) is 0.316. The number of aryl methyl sites for hydroxylation is 1. The molecule has 2 aromatic rings. The van der Waals surface area contributed by atoms with Gasteiger partial charge in [-0.15, -0.1) is 0 Å². The largest absolute Gasteiger partial charge is 0.479 e. The number of carbonyl (C=O) groups is 1. The fourth-order valence-electron chi connectivity index (χ4n) is 2.29. The van der Waals surface area contributed by atoms with E-state index in [0.717, 1.165) is 12.0 Å². The lowest BCUT2D eigenvalue weighted by molar-refractivity contribution is -0.128. The molecule has 0 spiro atoms. The number of rotatable bonds is 6. The van der Waals surface area contributed by atoms with E-state index in [1.165, 1.54) is 5.56 Å². The van der Waals surface area contributed by atoms with E-state index in [2.05, 4.69) is 5.32 Å². The van der Waals surface area contributed by atoms with Gasteiger partial charge in [0.15, 0.2) is 6.10 Å². The minimum atomic E-state index is -0.616. The maximum Gasteiger partial charge on any atom is 0.261 e. The van der Waals surface area contributed by atoms with Gasteiger partial charge in [-0.05, 0) is 38.0 Å². The predicted octanol–water partition coefficient (Wildman–Crippen LogP) is 4.68. The van der Waals surface area contributed by atoms with E-state index < -0.39 is 6.10 Å². The number of amides is 1. The summed E-state index contributed by atoms with van der Waals surface area (Å²) in [4.78, 5) is 12.4. The zero-order chi connectivity index (χ0) is 16.8. The van der Waals surface area contributed by atoms with Gasteiger partial charge in [-0.25, -0.2) is 0 Å². The van der Waals surface area contributed by atoms with Gasteiger partial charge in [0.1, 0.15) is 5.75 Å². The molecule has 0 aliphatic heterocycles. The lowest BCUT2D eigenvalue weighted by atomic mass is 10.0. The minimum Gasteiger partial charge on any atom is -0.479 e. The summed E-state index contributed by atoms with van der Waals surface area (Å²) in [6.45, 7) is 5.81. The van der Waals surface area contributed by atoms with Crippen molar-refractivity contribution >= 4 is 17.5 Å². The van der Waals surface area contributed by atoms with Gasteiger partial charge in [-0.2, -0.15) is 0 Å². The molecule has 0 fully saturated rings. The molecular weight excluding hydrogens is 310 g/mol. The Labute approximate surface area is 142 Å². The Kier molecular flexibility index (Phi) is 6.05. The maximum absolute atomic E-state index is 12.4. The molecule has 2 atom stereocenters. The maximum atomic E-state index is 12.4. The first-order valence-electron chi connectivity index (χ1n) is 7.79. The number of hydrogen-bond acceptors (Lipinski definition) is 2. The normalized spacial score (nSPS) is 13.2. The Balaban J connectivity index is 2.01. The van der Waals surface area contributed by atoms with Crippen LogP contribution in [0.2, 0.25) is 5.02 Å². The zero-order valence-corrected chi connectivity index (χ0v) is 14.4. The summed E-state index contributed by atoms with van der Waals surface area (Å²) < 4.78 is 5.66. The van der Waals surface area contributed by atoms with Gasteiger partial charge in [0.25, 0.3) is 5.91 Å². The Morgan fingerprint density at radius 3 is 2.43 bits per heavy atom. The summed E-state index contributed by atoms with van der Waals surface area (Å²) in [5, 5.41) is 3.53. The third-order valence-electron chi connectivity index (χ3n) is 3.71. The summed E-state index contributed by atoms with van der Waals surface area (Å²) in [6, 6.07) is 15.3. The topological polar surface area (TPSA) is 38.3 Å². The van der Waals surface area contributed by atoms with Crippen molar-refractivity contribution in [3.05, 3.63) is 64.7 Å². The molecule has 0 bridgehead atoms. The third-order valence-corrected chi connectivity index (χ3v) is 4.03. The first kappa shape index (κ1) is 17.4. The molecule has 3 nitrogen and oxygen atoms in total.